The Labute approximate surface area is 152 Å². The third-order valence-corrected chi connectivity index (χ3v) is 4.03. The van der Waals surface area contributed by atoms with Crippen LogP contribution in [0.5, 0.6) is 0 Å². The molecule has 0 bridgehead atoms. The first-order chi connectivity index (χ1) is 12.1. The van der Waals surface area contributed by atoms with E-state index in [1.165, 1.54) is 0 Å². The van der Waals surface area contributed by atoms with Crippen LogP contribution < -0.4 is 20.9 Å². The number of hydrogen-bond acceptors (Lipinski definition) is 4. The fourth-order valence-corrected chi connectivity index (χ4v) is 2.81. The number of nitrogens with zero attached hydrogens (tertiary/aromatic N) is 1. The Kier molecular flexibility index (Phi) is 5.86. The van der Waals surface area contributed by atoms with E-state index in [4.69, 9.17) is 0 Å². The first-order valence-electron chi connectivity index (χ1n) is 8.59. The molecule has 1 aromatic rings. The number of urea groups is 2. The fourth-order valence-electron chi connectivity index (χ4n) is 2.81. The molecule has 26 heavy (non-hydrogen) atoms. The van der Waals surface area contributed by atoms with Crippen LogP contribution in [0, 0.1) is 5.92 Å². The third-order valence-electron chi connectivity index (χ3n) is 4.03. The molecular weight excluding hydrogens is 336 g/mol. The van der Waals surface area contributed by atoms with Gasteiger partial charge in [-0.05, 0) is 44.4 Å². The maximum atomic E-state index is 12.4. The maximum Gasteiger partial charge on any atom is 0.329 e. The van der Waals surface area contributed by atoms with E-state index in [2.05, 4.69) is 16.0 Å². The van der Waals surface area contributed by atoms with Crippen molar-refractivity contribution in [3.05, 3.63) is 24.3 Å². The number of aliphatic hydroxyl groups excluding tert-OH is 1. The van der Waals surface area contributed by atoms with Crippen molar-refractivity contribution in [3.8, 4) is 0 Å². The summed E-state index contributed by atoms with van der Waals surface area (Å²) >= 11 is 0. The first kappa shape index (κ1) is 19.7. The van der Waals surface area contributed by atoms with Gasteiger partial charge in [0.2, 0.25) is 0 Å². The molecule has 1 fully saturated rings. The molecule has 142 valence electrons. The molecule has 0 radical (unpaired) electrons. The molecule has 0 aromatic heterocycles. The number of amides is 5. The summed E-state index contributed by atoms with van der Waals surface area (Å²) < 4.78 is 0. The Morgan fingerprint density at radius 3 is 2.54 bits per heavy atom. The number of carbonyl (C=O) groups is 3. The molecule has 2 rings (SSSR count). The lowest BCUT2D eigenvalue weighted by molar-refractivity contribution is -0.121. The Morgan fingerprint density at radius 2 is 2.00 bits per heavy atom. The zero-order valence-electron chi connectivity index (χ0n) is 15.5. The first-order valence-corrected chi connectivity index (χ1v) is 8.59. The zero-order valence-corrected chi connectivity index (χ0v) is 15.5. The van der Waals surface area contributed by atoms with E-state index >= 15 is 0 Å². The molecule has 0 aliphatic carbocycles. The molecule has 1 atom stereocenters. The molecule has 0 unspecified atom stereocenters. The van der Waals surface area contributed by atoms with Crippen molar-refractivity contribution in [1.82, 2.24) is 10.6 Å². The van der Waals surface area contributed by atoms with Crippen LogP contribution in [0.2, 0.25) is 0 Å². The number of carbonyl (C=O) groups excluding carboxylic acids is 3. The van der Waals surface area contributed by atoms with E-state index in [9.17, 15) is 19.5 Å². The minimum absolute atomic E-state index is 0.150. The Bertz CT molecular complexity index is 702. The van der Waals surface area contributed by atoms with Crippen molar-refractivity contribution in [2.24, 2.45) is 5.92 Å². The van der Waals surface area contributed by atoms with E-state index < -0.39 is 17.6 Å². The second-order valence-electron chi connectivity index (χ2n) is 7.35. The monoisotopic (exact) mass is 362 g/mol. The number of hydrogen-bond donors (Lipinski definition) is 4. The van der Waals surface area contributed by atoms with E-state index in [0.717, 1.165) is 4.90 Å². The summed E-state index contributed by atoms with van der Waals surface area (Å²) in [5, 5.41) is 17.3. The molecule has 0 saturated carbocycles. The topological polar surface area (TPSA) is 111 Å². The number of rotatable bonds is 6. The molecule has 4 N–H and O–H groups in total. The fraction of sp³-hybridized carbons (Fsp3) is 0.500. The third kappa shape index (κ3) is 4.51. The van der Waals surface area contributed by atoms with Crippen molar-refractivity contribution < 1.29 is 19.5 Å². The lowest BCUT2D eigenvalue weighted by Crippen LogP contribution is -2.41. The second-order valence-corrected chi connectivity index (χ2v) is 7.35. The SMILES string of the molecule is CC(C)C[C@@H](CO)NC(=O)Nc1cccc(N2C(=O)NC(C)(C)C2=O)c1. The highest BCUT2D eigenvalue weighted by atomic mass is 16.3. The van der Waals surface area contributed by atoms with Gasteiger partial charge >= 0.3 is 12.1 Å². The van der Waals surface area contributed by atoms with Crippen LogP contribution in [0.25, 0.3) is 0 Å². The van der Waals surface area contributed by atoms with E-state index in [-0.39, 0.29) is 18.6 Å². The van der Waals surface area contributed by atoms with Gasteiger partial charge in [0, 0.05) is 5.69 Å². The molecule has 1 aliphatic heterocycles. The summed E-state index contributed by atoms with van der Waals surface area (Å²) in [4.78, 5) is 37.6. The largest absolute Gasteiger partial charge is 0.394 e. The van der Waals surface area contributed by atoms with E-state index in [1.54, 1.807) is 38.1 Å². The van der Waals surface area contributed by atoms with E-state index in [0.29, 0.717) is 23.7 Å². The number of anilines is 2. The van der Waals surface area contributed by atoms with Crippen LogP contribution in [0.15, 0.2) is 24.3 Å². The van der Waals surface area contributed by atoms with Crippen molar-refractivity contribution >= 4 is 29.3 Å². The summed E-state index contributed by atoms with van der Waals surface area (Å²) in [6, 6.07) is 5.17. The normalized spacial score (nSPS) is 17.2. The molecular formula is C18H26N4O4. The minimum atomic E-state index is -0.969. The van der Waals surface area contributed by atoms with Crippen LogP contribution >= 0.6 is 0 Å². The molecule has 5 amide bonds. The average molecular weight is 362 g/mol. The van der Waals surface area contributed by atoms with Crippen LogP contribution in [0.1, 0.15) is 34.1 Å². The molecule has 8 heteroatoms. The molecule has 1 heterocycles. The van der Waals surface area contributed by atoms with Gasteiger partial charge in [0.15, 0.2) is 0 Å². The van der Waals surface area contributed by atoms with Crippen molar-refractivity contribution in [2.75, 3.05) is 16.8 Å². The maximum absolute atomic E-state index is 12.4. The lowest BCUT2D eigenvalue weighted by Gasteiger charge is -2.19. The highest BCUT2D eigenvalue weighted by Crippen LogP contribution is 2.26. The highest BCUT2D eigenvalue weighted by Gasteiger charge is 2.45. The van der Waals surface area contributed by atoms with Gasteiger partial charge in [-0.25, -0.2) is 14.5 Å². The molecule has 1 saturated heterocycles. The van der Waals surface area contributed by atoms with Gasteiger partial charge in [0.25, 0.3) is 5.91 Å². The van der Waals surface area contributed by atoms with Gasteiger partial charge in [-0.1, -0.05) is 19.9 Å². The Morgan fingerprint density at radius 1 is 1.31 bits per heavy atom. The van der Waals surface area contributed by atoms with Crippen LogP contribution in [-0.4, -0.2) is 41.3 Å². The summed E-state index contributed by atoms with van der Waals surface area (Å²) in [7, 11) is 0. The lowest BCUT2D eigenvalue weighted by atomic mass is 10.0. The van der Waals surface area contributed by atoms with Gasteiger partial charge in [-0.3, -0.25) is 4.79 Å². The predicted molar refractivity (Wildman–Crippen MR) is 99.0 cm³/mol. The average Bonchev–Trinajstić information content (AvgIpc) is 2.74. The number of imide groups is 1. The summed E-state index contributed by atoms with van der Waals surface area (Å²) in [5.74, 6) is -0.0276. The van der Waals surface area contributed by atoms with Crippen LogP contribution in [0.3, 0.4) is 0 Å². The van der Waals surface area contributed by atoms with Gasteiger partial charge in [-0.2, -0.15) is 0 Å². The molecule has 1 aliphatic rings. The summed E-state index contributed by atoms with van der Waals surface area (Å²) in [6.45, 7) is 7.12. The standard InChI is InChI=1S/C18H26N4O4/c1-11(2)8-13(10-23)20-16(25)19-12-6-5-7-14(9-12)22-15(24)18(3,4)21-17(22)26/h5-7,9,11,13,23H,8,10H2,1-4H3,(H,21,26)(H2,19,20,25)/t13-/m0/s1. The van der Waals surface area contributed by atoms with Crippen molar-refractivity contribution in [1.29, 1.82) is 0 Å². The van der Waals surface area contributed by atoms with Gasteiger partial charge in [0.1, 0.15) is 5.54 Å². The smallest absolute Gasteiger partial charge is 0.329 e. The quantitative estimate of drug-likeness (QED) is 0.580. The van der Waals surface area contributed by atoms with Crippen molar-refractivity contribution in [3.63, 3.8) is 0 Å². The highest BCUT2D eigenvalue weighted by molar-refractivity contribution is 6.23. The Hall–Kier alpha value is -2.61. The molecule has 0 spiro atoms. The number of aliphatic hydroxyl groups is 1. The minimum Gasteiger partial charge on any atom is -0.394 e. The predicted octanol–water partition coefficient (Wildman–Crippen LogP) is 2.05. The summed E-state index contributed by atoms with van der Waals surface area (Å²) in [5.41, 5.74) is -0.161. The van der Waals surface area contributed by atoms with Crippen molar-refractivity contribution in [2.45, 2.75) is 45.7 Å². The molecule has 1 aromatic carbocycles. The van der Waals surface area contributed by atoms with E-state index in [1.807, 2.05) is 13.8 Å². The van der Waals surface area contributed by atoms with Gasteiger partial charge in [0.05, 0.1) is 18.3 Å². The Balaban J connectivity index is 2.09. The second kappa shape index (κ2) is 7.74. The number of benzene rings is 1. The zero-order chi connectivity index (χ0) is 19.5. The van der Waals surface area contributed by atoms with Crippen LogP contribution in [-0.2, 0) is 4.79 Å². The van der Waals surface area contributed by atoms with Gasteiger partial charge < -0.3 is 21.1 Å². The number of nitrogens with one attached hydrogen (secondary N) is 3. The summed E-state index contributed by atoms with van der Waals surface area (Å²) in [6.07, 6.45) is 0.654. The molecule has 8 nitrogen and oxygen atoms in total. The van der Waals surface area contributed by atoms with Gasteiger partial charge in [-0.15, -0.1) is 0 Å². The van der Waals surface area contributed by atoms with Crippen LogP contribution in [0.4, 0.5) is 21.0 Å².